The van der Waals surface area contributed by atoms with Gasteiger partial charge < -0.3 is 15.5 Å². The molecule has 2 aliphatic rings. The SMILES string of the molecule is Cc1cc(NC2CC(N3CCCC(NC(=O)c4ccc(C(C)(C)C)cc4)C3)=NNC2=O)nn1C. The maximum absolute atomic E-state index is 12.8. The van der Waals surface area contributed by atoms with Crippen molar-refractivity contribution in [1.29, 1.82) is 0 Å². The zero-order chi connectivity index (χ0) is 24.5. The van der Waals surface area contributed by atoms with Crippen molar-refractivity contribution >= 4 is 23.5 Å². The lowest BCUT2D eigenvalue weighted by Gasteiger charge is -2.37. The number of anilines is 1. The first-order valence-corrected chi connectivity index (χ1v) is 11.9. The lowest BCUT2D eigenvalue weighted by molar-refractivity contribution is -0.122. The molecule has 0 radical (unpaired) electrons. The van der Waals surface area contributed by atoms with Gasteiger partial charge in [0.15, 0.2) is 0 Å². The Morgan fingerprint density at radius 2 is 1.94 bits per heavy atom. The third kappa shape index (κ3) is 5.40. The van der Waals surface area contributed by atoms with Crippen LogP contribution in [0.15, 0.2) is 35.4 Å². The molecule has 3 N–H and O–H groups in total. The maximum Gasteiger partial charge on any atom is 0.263 e. The number of likely N-dealkylation sites (tertiary alicyclic amines) is 1. The quantitative estimate of drug-likeness (QED) is 0.644. The van der Waals surface area contributed by atoms with Gasteiger partial charge in [0.1, 0.15) is 17.7 Å². The normalized spacial score (nSPS) is 21.0. The minimum absolute atomic E-state index is 0.0220. The molecule has 1 fully saturated rings. The summed E-state index contributed by atoms with van der Waals surface area (Å²) in [6.07, 6.45) is 2.33. The average Bonchev–Trinajstić information content (AvgIpc) is 3.11. The highest BCUT2D eigenvalue weighted by Gasteiger charge is 2.31. The number of piperidine rings is 1. The summed E-state index contributed by atoms with van der Waals surface area (Å²) in [5.74, 6) is 1.25. The van der Waals surface area contributed by atoms with Crippen molar-refractivity contribution in [3.63, 3.8) is 0 Å². The molecule has 0 aliphatic carbocycles. The number of nitrogens with one attached hydrogen (secondary N) is 3. The molecule has 0 saturated carbocycles. The van der Waals surface area contributed by atoms with E-state index < -0.39 is 6.04 Å². The van der Waals surface area contributed by atoms with E-state index in [0.29, 0.717) is 24.3 Å². The second-order valence-electron chi connectivity index (χ2n) is 10.3. The summed E-state index contributed by atoms with van der Waals surface area (Å²) in [5.41, 5.74) is 5.58. The van der Waals surface area contributed by atoms with E-state index in [1.165, 1.54) is 5.56 Å². The number of hydrogen-bond acceptors (Lipinski definition) is 6. The highest BCUT2D eigenvalue weighted by molar-refractivity contribution is 5.96. The molecule has 1 saturated heterocycles. The molecule has 1 aromatic heterocycles. The number of nitrogens with zero attached hydrogens (tertiary/aromatic N) is 4. The van der Waals surface area contributed by atoms with Gasteiger partial charge >= 0.3 is 0 Å². The van der Waals surface area contributed by atoms with Crippen LogP contribution >= 0.6 is 0 Å². The molecule has 0 spiro atoms. The first-order valence-electron chi connectivity index (χ1n) is 11.9. The molecule has 182 valence electrons. The zero-order valence-corrected chi connectivity index (χ0v) is 20.7. The average molecular weight is 466 g/mol. The smallest absolute Gasteiger partial charge is 0.263 e. The Hall–Kier alpha value is -3.36. The Morgan fingerprint density at radius 3 is 2.59 bits per heavy atom. The Bertz CT molecular complexity index is 1060. The van der Waals surface area contributed by atoms with Gasteiger partial charge in [-0.2, -0.15) is 10.2 Å². The number of aromatic nitrogens is 2. The standard InChI is InChI=1S/C25H35N7O2/c1-16-13-21(30-31(16)5)27-20-14-22(28-29-24(20)34)32-12-6-7-19(15-32)26-23(33)17-8-10-18(11-9-17)25(2,3)4/h8-11,13,19-20H,6-7,12,14-15H2,1-5H3,(H,26,33)(H,27,30)(H,29,34). The van der Waals surface area contributed by atoms with Gasteiger partial charge in [-0.05, 0) is 42.9 Å². The number of amides is 2. The Morgan fingerprint density at radius 1 is 1.21 bits per heavy atom. The summed E-state index contributed by atoms with van der Waals surface area (Å²) in [4.78, 5) is 27.4. The monoisotopic (exact) mass is 465 g/mol. The molecule has 2 atom stereocenters. The molecule has 0 bridgehead atoms. The fourth-order valence-electron chi connectivity index (χ4n) is 4.36. The van der Waals surface area contributed by atoms with Gasteiger partial charge in [0, 0.05) is 49.9 Å². The molecule has 9 nitrogen and oxygen atoms in total. The number of carbonyl (C=O) groups excluding carboxylic acids is 2. The first kappa shape index (κ1) is 23.8. The summed E-state index contributed by atoms with van der Waals surface area (Å²) in [6, 6.07) is 9.33. The summed E-state index contributed by atoms with van der Waals surface area (Å²) in [5, 5.41) is 15.1. The van der Waals surface area contributed by atoms with Crippen molar-refractivity contribution in [2.45, 2.75) is 64.5 Å². The van der Waals surface area contributed by atoms with E-state index in [-0.39, 0.29) is 23.3 Å². The molecule has 2 aliphatic heterocycles. The van der Waals surface area contributed by atoms with E-state index in [4.69, 9.17) is 0 Å². The first-order chi connectivity index (χ1) is 16.1. The van der Waals surface area contributed by atoms with Crippen LogP contribution in [0.2, 0.25) is 0 Å². The van der Waals surface area contributed by atoms with Crippen LogP contribution in [-0.4, -0.2) is 57.5 Å². The number of amidine groups is 1. The van der Waals surface area contributed by atoms with Gasteiger partial charge in [0.25, 0.3) is 11.8 Å². The van der Waals surface area contributed by atoms with Crippen LogP contribution in [0, 0.1) is 6.92 Å². The van der Waals surface area contributed by atoms with Crippen molar-refractivity contribution in [3.8, 4) is 0 Å². The van der Waals surface area contributed by atoms with E-state index in [1.807, 2.05) is 44.3 Å². The number of hydrogen-bond donors (Lipinski definition) is 3. The summed E-state index contributed by atoms with van der Waals surface area (Å²) < 4.78 is 1.77. The lowest BCUT2D eigenvalue weighted by atomic mass is 9.86. The van der Waals surface area contributed by atoms with Crippen molar-refractivity contribution in [1.82, 2.24) is 25.4 Å². The van der Waals surface area contributed by atoms with Crippen LogP contribution < -0.4 is 16.1 Å². The maximum atomic E-state index is 12.8. The van der Waals surface area contributed by atoms with E-state index in [2.05, 4.69) is 51.9 Å². The molecule has 34 heavy (non-hydrogen) atoms. The minimum Gasteiger partial charge on any atom is -0.356 e. The van der Waals surface area contributed by atoms with E-state index in [0.717, 1.165) is 30.9 Å². The second kappa shape index (κ2) is 9.48. The number of hydrazone groups is 1. The molecule has 2 amide bonds. The van der Waals surface area contributed by atoms with E-state index in [9.17, 15) is 9.59 Å². The topological polar surface area (TPSA) is 104 Å². The Labute approximate surface area is 201 Å². The number of aryl methyl sites for hydroxylation is 2. The molecule has 2 unspecified atom stereocenters. The lowest BCUT2D eigenvalue weighted by Crippen LogP contribution is -2.53. The zero-order valence-electron chi connectivity index (χ0n) is 20.7. The third-order valence-corrected chi connectivity index (χ3v) is 6.57. The van der Waals surface area contributed by atoms with Gasteiger partial charge in [0.2, 0.25) is 0 Å². The molecular weight excluding hydrogens is 430 g/mol. The third-order valence-electron chi connectivity index (χ3n) is 6.57. The van der Waals surface area contributed by atoms with Crippen LogP contribution in [-0.2, 0) is 17.3 Å². The fraction of sp³-hybridized carbons (Fsp3) is 0.520. The van der Waals surface area contributed by atoms with Crippen molar-refractivity contribution in [2.75, 3.05) is 18.4 Å². The minimum atomic E-state index is -0.446. The highest BCUT2D eigenvalue weighted by Crippen LogP contribution is 2.22. The van der Waals surface area contributed by atoms with Gasteiger partial charge in [-0.3, -0.25) is 14.3 Å². The second-order valence-corrected chi connectivity index (χ2v) is 10.3. The van der Waals surface area contributed by atoms with Crippen LogP contribution in [0.3, 0.4) is 0 Å². The molecular formula is C25H35N7O2. The van der Waals surface area contributed by atoms with Gasteiger partial charge in [-0.25, -0.2) is 5.43 Å². The Kier molecular flexibility index (Phi) is 6.63. The van der Waals surface area contributed by atoms with E-state index in [1.54, 1.807) is 4.68 Å². The van der Waals surface area contributed by atoms with Crippen molar-refractivity contribution in [2.24, 2.45) is 12.1 Å². The predicted octanol–water partition coefficient (Wildman–Crippen LogP) is 2.53. The van der Waals surface area contributed by atoms with Crippen LogP contribution in [0.1, 0.15) is 61.6 Å². The van der Waals surface area contributed by atoms with Crippen LogP contribution in [0.5, 0.6) is 0 Å². The molecule has 1 aromatic carbocycles. The number of benzene rings is 1. The number of carbonyl (C=O) groups is 2. The summed E-state index contributed by atoms with van der Waals surface area (Å²) in [7, 11) is 1.87. The highest BCUT2D eigenvalue weighted by atomic mass is 16.2. The Balaban J connectivity index is 1.36. The van der Waals surface area contributed by atoms with E-state index >= 15 is 0 Å². The predicted molar refractivity (Wildman–Crippen MR) is 133 cm³/mol. The molecule has 4 rings (SSSR count). The number of rotatable bonds is 4. The molecule has 9 heteroatoms. The summed E-state index contributed by atoms with van der Waals surface area (Å²) in [6.45, 7) is 9.95. The molecule has 3 heterocycles. The molecule has 2 aromatic rings. The van der Waals surface area contributed by atoms with Crippen molar-refractivity contribution < 1.29 is 9.59 Å². The van der Waals surface area contributed by atoms with Crippen LogP contribution in [0.25, 0.3) is 0 Å². The van der Waals surface area contributed by atoms with Crippen molar-refractivity contribution in [3.05, 3.63) is 47.2 Å². The van der Waals surface area contributed by atoms with Gasteiger partial charge in [-0.1, -0.05) is 32.9 Å². The summed E-state index contributed by atoms with van der Waals surface area (Å²) >= 11 is 0. The fourth-order valence-corrected chi connectivity index (χ4v) is 4.36. The van der Waals surface area contributed by atoms with Gasteiger partial charge in [0.05, 0.1) is 0 Å². The largest absolute Gasteiger partial charge is 0.356 e. The van der Waals surface area contributed by atoms with Gasteiger partial charge in [-0.15, -0.1) is 0 Å². The van der Waals surface area contributed by atoms with Crippen LogP contribution in [0.4, 0.5) is 5.82 Å².